The van der Waals surface area contributed by atoms with Crippen LogP contribution in [0.15, 0.2) is 18.2 Å². The number of ether oxygens (including phenoxy) is 1. The summed E-state index contributed by atoms with van der Waals surface area (Å²) < 4.78 is 4.66. The highest BCUT2D eigenvalue weighted by molar-refractivity contribution is 7.98. The minimum Gasteiger partial charge on any atom is -0.465 e. The number of hydrogen-bond acceptors (Lipinski definition) is 5. The lowest BCUT2D eigenvalue weighted by Gasteiger charge is -2.18. The Morgan fingerprint density at radius 2 is 2.04 bits per heavy atom. The first-order chi connectivity index (χ1) is 10.9. The number of carbonyl (C=O) groups is 3. The fraction of sp³-hybridized carbons (Fsp3) is 0.400. The highest BCUT2D eigenvalue weighted by Gasteiger charge is 2.20. The zero-order chi connectivity index (χ0) is 17.4. The molecule has 126 valence electrons. The van der Waals surface area contributed by atoms with Gasteiger partial charge in [-0.1, -0.05) is 6.07 Å². The van der Waals surface area contributed by atoms with Crippen molar-refractivity contribution in [2.75, 3.05) is 24.4 Å². The Morgan fingerprint density at radius 3 is 2.61 bits per heavy atom. The van der Waals surface area contributed by atoms with Gasteiger partial charge in [-0.2, -0.15) is 11.8 Å². The predicted octanol–water partition coefficient (Wildman–Crippen LogP) is 1.51. The summed E-state index contributed by atoms with van der Waals surface area (Å²) in [6.07, 6.45) is 2.36. The Hall–Kier alpha value is -2.22. The molecule has 7 nitrogen and oxygen atoms in total. The molecule has 0 aliphatic heterocycles. The molecule has 4 N–H and O–H groups in total. The van der Waals surface area contributed by atoms with Gasteiger partial charge in [-0.15, -0.1) is 0 Å². The van der Waals surface area contributed by atoms with E-state index in [1.54, 1.807) is 30.8 Å². The summed E-state index contributed by atoms with van der Waals surface area (Å²) in [5.74, 6) is -0.183. The maximum absolute atomic E-state index is 12.4. The lowest BCUT2D eigenvalue weighted by atomic mass is 10.1. The van der Waals surface area contributed by atoms with Gasteiger partial charge in [0.25, 0.3) is 0 Å². The lowest BCUT2D eigenvalue weighted by molar-refractivity contribution is -0.117. The van der Waals surface area contributed by atoms with Crippen molar-refractivity contribution in [1.29, 1.82) is 0 Å². The molecule has 1 rings (SSSR count). The third-order valence-electron chi connectivity index (χ3n) is 3.16. The van der Waals surface area contributed by atoms with E-state index in [-0.39, 0.29) is 5.91 Å². The quantitative estimate of drug-likeness (QED) is 0.652. The lowest BCUT2D eigenvalue weighted by Crippen LogP contribution is -2.46. The van der Waals surface area contributed by atoms with E-state index in [1.165, 1.54) is 13.2 Å². The van der Waals surface area contributed by atoms with Crippen LogP contribution in [0.1, 0.15) is 22.3 Å². The van der Waals surface area contributed by atoms with E-state index in [0.29, 0.717) is 23.4 Å². The summed E-state index contributed by atoms with van der Waals surface area (Å²) in [5, 5.41) is 5.14. The number of amides is 3. The summed E-state index contributed by atoms with van der Waals surface area (Å²) >= 11 is 1.56. The van der Waals surface area contributed by atoms with Gasteiger partial charge < -0.3 is 21.1 Å². The normalized spacial score (nSPS) is 11.4. The highest BCUT2D eigenvalue weighted by atomic mass is 32.2. The summed E-state index contributed by atoms with van der Waals surface area (Å²) in [7, 11) is 1.29. The van der Waals surface area contributed by atoms with Crippen molar-refractivity contribution < 1.29 is 19.1 Å². The van der Waals surface area contributed by atoms with Crippen molar-refractivity contribution in [3.63, 3.8) is 0 Å². The van der Waals surface area contributed by atoms with E-state index in [2.05, 4.69) is 15.4 Å². The standard InChI is InChI=1S/C15H21N3O4S/c1-9-4-5-10(14(20)22-2)8-12(9)17-13(19)11(6-7-23-3)18-15(16)21/h4-5,8,11H,6-7H2,1-3H3,(H,17,19)(H3,16,18,21)/t11-/m0/s1. The molecule has 3 amide bonds. The molecule has 1 atom stereocenters. The number of carbonyl (C=O) groups excluding carboxylic acids is 3. The van der Waals surface area contributed by atoms with E-state index in [9.17, 15) is 14.4 Å². The zero-order valence-electron chi connectivity index (χ0n) is 13.3. The minimum atomic E-state index is -0.758. The van der Waals surface area contributed by atoms with Gasteiger partial charge in [0.2, 0.25) is 5.91 Å². The van der Waals surface area contributed by atoms with E-state index >= 15 is 0 Å². The van der Waals surface area contributed by atoms with Crippen LogP contribution in [0.4, 0.5) is 10.5 Å². The average molecular weight is 339 g/mol. The second-order valence-electron chi connectivity index (χ2n) is 4.85. The van der Waals surface area contributed by atoms with Gasteiger partial charge in [0.15, 0.2) is 0 Å². The maximum Gasteiger partial charge on any atom is 0.337 e. The van der Waals surface area contributed by atoms with Crippen LogP contribution in [0.25, 0.3) is 0 Å². The number of nitrogens with two attached hydrogens (primary N) is 1. The summed E-state index contributed by atoms with van der Waals surface area (Å²) in [6, 6.07) is 3.37. The first kappa shape index (κ1) is 18.8. The monoisotopic (exact) mass is 339 g/mol. The number of benzene rings is 1. The number of aryl methyl sites for hydroxylation is 1. The van der Waals surface area contributed by atoms with E-state index in [0.717, 1.165) is 5.56 Å². The Kier molecular flexibility index (Phi) is 7.40. The molecule has 1 aromatic carbocycles. The van der Waals surface area contributed by atoms with Crippen LogP contribution in [-0.2, 0) is 9.53 Å². The molecule has 23 heavy (non-hydrogen) atoms. The van der Waals surface area contributed by atoms with E-state index < -0.39 is 18.0 Å². The van der Waals surface area contributed by atoms with Crippen molar-refractivity contribution >= 4 is 35.4 Å². The molecule has 0 aromatic heterocycles. The molecule has 0 heterocycles. The first-order valence-electron chi connectivity index (χ1n) is 6.93. The highest BCUT2D eigenvalue weighted by Crippen LogP contribution is 2.18. The molecule has 0 spiro atoms. The number of anilines is 1. The fourth-order valence-electron chi connectivity index (χ4n) is 1.90. The van der Waals surface area contributed by atoms with Gasteiger partial charge in [-0.05, 0) is 43.0 Å². The number of primary amides is 1. The van der Waals surface area contributed by atoms with Gasteiger partial charge in [-0.3, -0.25) is 4.79 Å². The molecular weight excluding hydrogens is 318 g/mol. The first-order valence-corrected chi connectivity index (χ1v) is 8.33. The number of hydrogen-bond donors (Lipinski definition) is 3. The number of esters is 1. The zero-order valence-corrected chi connectivity index (χ0v) is 14.2. The number of rotatable bonds is 7. The van der Waals surface area contributed by atoms with Gasteiger partial charge in [-0.25, -0.2) is 9.59 Å². The maximum atomic E-state index is 12.4. The van der Waals surface area contributed by atoms with E-state index in [1.807, 2.05) is 6.26 Å². The molecular formula is C15H21N3O4S. The molecule has 0 fully saturated rings. The van der Waals surface area contributed by atoms with Crippen molar-refractivity contribution in [1.82, 2.24) is 5.32 Å². The van der Waals surface area contributed by atoms with Crippen molar-refractivity contribution in [2.45, 2.75) is 19.4 Å². The molecule has 1 aromatic rings. The number of methoxy groups -OCH3 is 1. The number of nitrogens with one attached hydrogen (secondary N) is 2. The van der Waals surface area contributed by atoms with Crippen LogP contribution >= 0.6 is 11.8 Å². The van der Waals surface area contributed by atoms with Crippen LogP contribution < -0.4 is 16.4 Å². The second-order valence-corrected chi connectivity index (χ2v) is 5.84. The Bertz CT molecular complexity index is 592. The fourth-order valence-corrected chi connectivity index (χ4v) is 2.37. The largest absolute Gasteiger partial charge is 0.465 e. The van der Waals surface area contributed by atoms with Crippen LogP contribution in [0.2, 0.25) is 0 Å². The topological polar surface area (TPSA) is 111 Å². The van der Waals surface area contributed by atoms with Crippen molar-refractivity contribution in [3.8, 4) is 0 Å². The summed E-state index contributed by atoms with van der Waals surface area (Å²) in [5.41, 5.74) is 6.71. The molecule has 8 heteroatoms. The Morgan fingerprint density at radius 1 is 1.35 bits per heavy atom. The number of thioether (sulfide) groups is 1. The van der Waals surface area contributed by atoms with Crippen molar-refractivity contribution in [3.05, 3.63) is 29.3 Å². The Labute approximate surface area is 139 Å². The Balaban J connectivity index is 2.92. The summed E-state index contributed by atoms with van der Waals surface area (Å²) in [6.45, 7) is 1.80. The molecule has 0 aliphatic carbocycles. The predicted molar refractivity (Wildman–Crippen MR) is 90.7 cm³/mol. The van der Waals surface area contributed by atoms with Crippen LogP contribution in [0.3, 0.4) is 0 Å². The van der Waals surface area contributed by atoms with E-state index in [4.69, 9.17) is 5.73 Å². The molecule has 0 radical (unpaired) electrons. The van der Waals surface area contributed by atoms with Gasteiger partial charge in [0.1, 0.15) is 6.04 Å². The van der Waals surface area contributed by atoms with Crippen LogP contribution in [-0.4, -0.2) is 43.1 Å². The molecule has 0 unspecified atom stereocenters. The molecule has 0 bridgehead atoms. The molecule has 0 saturated carbocycles. The van der Waals surface area contributed by atoms with Crippen molar-refractivity contribution in [2.24, 2.45) is 5.73 Å². The van der Waals surface area contributed by atoms with Crippen LogP contribution in [0.5, 0.6) is 0 Å². The average Bonchev–Trinajstić information content (AvgIpc) is 2.52. The summed E-state index contributed by atoms with van der Waals surface area (Å²) in [4.78, 5) is 35.0. The second kappa shape index (κ2) is 9.04. The third-order valence-corrected chi connectivity index (χ3v) is 3.80. The molecule has 0 saturated heterocycles. The third kappa shape index (κ3) is 5.82. The van der Waals surface area contributed by atoms with Gasteiger partial charge in [0, 0.05) is 5.69 Å². The minimum absolute atomic E-state index is 0.330. The smallest absolute Gasteiger partial charge is 0.337 e. The molecule has 0 aliphatic rings. The SMILES string of the molecule is COC(=O)c1ccc(C)c(NC(=O)[C@H](CCSC)NC(N)=O)c1. The van der Waals surface area contributed by atoms with Gasteiger partial charge in [0.05, 0.1) is 12.7 Å². The number of urea groups is 1. The van der Waals surface area contributed by atoms with Crippen LogP contribution in [0, 0.1) is 6.92 Å². The van der Waals surface area contributed by atoms with Gasteiger partial charge >= 0.3 is 12.0 Å².